The molecule has 4 nitrogen and oxygen atoms in total. The molecule has 3 atom stereocenters. The van der Waals surface area contributed by atoms with Crippen LogP contribution in [0, 0.1) is 5.92 Å². The molecule has 2 fully saturated rings. The molecule has 1 aromatic carbocycles. The summed E-state index contributed by atoms with van der Waals surface area (Å²) in [6, 6.07) is 11.0. The average Bonchev–Trinajstić information content (AvgIpc) is 3.03. The number of nitrogens with one attached hydrogen (secondary N) is 2. The second kappa shape index (κ2) is 10.9. The molecule has 0 spiro atoms. The minimum atomic E-state index is 0. The number of para-hydroxylation sites is 1. The maximum Gasteiger partial charge on any atom is 0.237 e. The van der Waals surface area contributed by atoms with E-state index in [9.17, 15) is 4.79 Å². The van der Waals surface area contributed by atoms with E-state index in [-0.39, 0.29) is 36.8 Å². The highest BCUT2D eigenvalue weighted by atomic mass is 35.5. The molecule has 1 saturated heterocycles. The summed E-state index contributed by atoms with van der Waals surface area (Å²) in [7, 11) is 2.10. The summed E-state index contributed by atoms with van der Waals surface area (Å²) in [5, 5.41) is 6.66. The van der Waals surface area contributed by atoms with Gasteiger partial charge in [-0.15, -0.1) is 24.8 Å². The lowest BCUT2D eigenvalue weighted by atomic mass is 9.85. The molecule has 6 heteroatoms. The Morgan fingerprint density at radius 1 is 1.20 bits per heavy atom. The Morgan fingerprint density at radius 2 is 1.92 bits per heavy atom. The molecule has 3 unspecified atom stereocenters. The summed E-state index contributed by atoms with van der Waals surface area (Å²) in [6.45, 7) is 1.71. The van der Waals surface area contributed by atoms with Crippen LogP contribution < -0.4 is 15.5 Å². The number of hydrogen-bond acceptors (Lipinski definition) is 3. The molecule has 1 heterocycles. The number of fused-ring (bicyclic) bond motifs is 1. The van der Waals surface area contributed by atoms with Gasteiger partial charge in [0.25, 0.3) is 0 Å². The van der Waals surface area contributed by atoms with Crippen molar-refractivity contribution in [3.05, 3.63) is 30.3 Å². The molecule has 2 aliphatic rings. The van der Waals surface area contributed by atoms with Gasteiger partial charge in [-0.25, -0.2) is 0 Å². The first kappa shape index (κ1) is 22.1. The Kier molecular flexibility index (Phi) is 9.62. The Hall–Kier alpha value is -0.970. The van der Waals surface area contributed by atoms with Crippen molar-refractivity contribution in [1.29, 1.82) is 0 Å². The zero-order chi connectivity index (χ0) is 16.1. The van der Waals surface area contributed by atoms with Gasteiger partial charge in [0, 0.05) is 31.9 Å². The summed E-state index contributed by atoms with van der Waals surface area (Å²) in [6.07, 6.45) is 7.19. The quantitative estimate of drug-likeness (QED) is 0.735. The second-order valence-corrected chi connectivity index (χ2v) is 7.01. The van der Waals surface area contributed by atoms with Crippen LogP contribution in [0.2, 0.25) is 0 Å². The van der Waals surface area contributed by atoms with Gasteiger partial charge in [-0.2, -0.15) is 0 Å². The predicted molar refractivity (Wildman–Crippen MR) is 109 cm³/mol. The second-order valence-electron chi connectivity index (χ2n) is 7.01. The lowest BCUT2D eigenvalue weighted by Gasteiger charge is -2.24. The van der Waals surface area contributed by atoms with Gasteiger partial charge < -0.3 is 15.5 Å². The van der Waals surface area contributed by atoms with Gasteiger partial charge in [-0.05, 0) is 43.7 Å². The van der Waals surface area contributed by atoms with Gasteiger partial charge in [0.05, 0.1) is 6.04 Å². The monoisotopic (exact) mass is 387 g/mol. The zero-order valence-electron chi connectivity index (χ0n) is 14.9. The van der Waals surface area contributed by atoms with Crippen LogP contribution in [0.5, 0.6) is 0 Å². The van der Waals surface area contributed by atoms with Crippen molar-refractivity contribution in [1.82, 2.24) is 10.6 Å². The average molecular weight is 388 g/mol. The highest BCUT2D eigenvalue weighted by molar-refractivity contribution is 5.85. The molecule has 1 aromatic rings. The van der Waals surface area contributed by atoms with E-state index < -0.39 is 0 Å². The number of rotatable bonds is 6. The van der Waals surface area contributed by atoms with Crippen LogP contribution in [0.25, 0.3) is 0 Å². The van der Waals surface area contributed by atoms with Crippen LogP contribution in [0.3, 0.4) is 0 Å². The van der Waals surface area contributed by atoms with Crippen LogP contribution in [0.1, 0.15) is 38.5 Å². The Balaban J connectivity index is 0.00000156. The Bertz CT molecular complexity index is 501. The lowest BCUT2D eigenvalue weighted by molar-refractivity contribution is -0.122. The van der Waals surface area contributed by atoms with Crippen LogP contribution in [0.4, 0.5) is 5.69 Å². The molecule has 2 N–H and O–H groups in total. The molecule has 3 rings (SSSR count). The van der Waals surface area contributed by atoms with Crippen molar-refractivity contribution >= 4 is 36.4 Å². The van der Waals surface area contributed by atoms with E-state index in [2.05, 4.69) is 46.8 Å². The fourth-order valence-electron chi connectivity index (χ4n) is 3.98. The summed E-state index contributed by atoms with van der Waals surface area (Å²) < 4.78 is 0. The summed E-state index contributed by atoms with van der Waals surface area (Å²) in [5.41, 5.74) is 1.22. The largest absolute Gasteiger partial charge is 0.375 e. The number of benzene rings is 1. The van der Waals surface area contributed by atoms with E-state index in [0.29, 0.717) is 6.04 Å². The highest BCUT2D eigenvalue weighted by Crippen LogP contribution is 2.33. The van der Waals surface area contributed by atoms with Crippen LogP contribution in [-0.2, 0) is 4.79 Å². The molecule has 0 radical (unpaired) electrons. The molecule has 0 aromatic heterocycles. The van der Waals surface area contributed by atoms with Crippen molar-refractivity contribution < 1.29 is 4.79 Å². The maximum absolute atomic E-state index is 12.3. The first-order valence-corrected chi connectivity index (χ1v) is 9.04. The maximum atomic E-state index is 12.3. The van der Waals surface area contributed by atoms with Gasteiger partial charge in [-0.1, -0.05) is 31.0 Å². The molecular formula is C19H31Cl2N3O. The van der Waals surface area contributed by atoms with E-state index in [1.54, 1.807) is 0 Å². The molecule has 1 aliphatic heterocycles. The number of anilines is 1. The molecule has 142 valence electrons. The first-order valence-electron chi connectivity index (χ1n) is 9.04. The van der Waals surface area contributed by atoms with E-state index in [0.717, 1.165) is 31.8 Å². The summed E-state index contributed by atoms with van der Waals surface area (Å²) in [4.78, 5) is 14.5. The standard InChI is InChI=1S/C19H29N3O.2ClH/c1-22(16-9-3-2-4-10-16)13-7-12-20-19(23)18-14-15-8-5-6-11-17(15)21-18;;/h2-4,9-10,15,17-18,21H,5-8,11-14H2,1H3,(H,20,23);2*1H. The Morgan fingerprint density at radius 3 is 2.64 bits per heavy atom. The van der Waals surface area contributed by atoms with Crippen molar-refractivity contribution in [2.45, 2.75) is 50.6 Å². The SMILES string of the molecule is CN(CCCNC(=O)C1CC2CCCCC2N1)c1ccccc1.Cl.Cl. The van der Waals surface area contributed by atoms with Gasteiger partial charge in [-0.3, -0.25) is 4.79 Å². The minimum absolute atomic E-state index is 0. The van der Waals surface area contributed by atoms with Gasteiger partial charge in [0.2, 0.25) is 5.91 Å². The summed E-state index contributed by atoms with van der Waals surface area (Å²) in [5.74, 6) is 0.922. The predicted octanol–water partition coefficient (Wildman–Crippen LogP) is 3.39. The van der Waals surface area contributed by atoms with E-state index >= 15 is 0 Å². The number of amides is 1. The third-order valence-corrected chi connectivity index (χ3v) is 5.35. The van der Waals surface area contributed by atoms with Gasteiger partial charge in [0.1, 0.15) is 0 Å². The van der Waals surface area contributed by atoms with Crippen LogP contribution >= 0.6 is 24.8 Å². The van der Waals surface area contributed by atoms with Gasteiger partial charge in [0.15, 0.2) is 0 Å². The third-order valence-electron chi connectivity index (χ3n) is 5.35. The number of halogens is 2. The number of carbonyl (C=O) groups excluding carboxylic acids is 1. The fourth-order valence-corrected chi connectivity index (χ4v) is 3.98. The van der Waals surface area contributed by atoms with E-state index in [1.165, 1.54) is 31.4 Å². The lowest BCUT2D eigenvalue weighted by Crippen LogP contribution is -2.43. The zero-order valence-corrected chi connectivity index (χ0v) is 16.6. The smallest absolute Gasteiger partial charge is 0.237 e. The first-order chi connectivity index (χ1) is 11.2. The van der Waals surface area contributed by atoms with Crippen molar-refractivity contribution in [3.63, 3.8) is 0 Å². The molecular weight excluding hydrogens is 357 g/mol. The van der Waals surface area contributed by atoms with E-state index in [4.69, 9.17) is 0 Å². The molecule has 1 saturated carbocycles. The Labute approximate surface area is 163 Å². The van der Waals surface area contributed by atoms with Crippen molar-refractivity contribution in [2.24, 2.45) is 5.92 Å². The number of carbonyl (C=O) groups is 1. The highest BCUT2D eigenvalue weighted by Gasteiger charge is 2.37. The molecule has 25 heavy (non-hydrogen) atoms. The summed E-state index contributed by atoms with van der Waals surface area (Å²) >= 11 is 0. The molecule has 0 bridgehead atoms. The third kappa shape index (κ3) is 6.05. The molecule has 1 amide bonds. The number of nitrogens with zero attached hydrogens (tertiary/aromatic N) is 1. The van der Waals surface area contributed by atoms with E-state index in [1.807, 2.05) is 6.07 Å². The fraction of sp³-hybridized carbons (Fsp3) is 0.632. The number of hydrogen-bond donors (Lipinski definition) is 2. The topological polar surface area (TPSA) is 44.4 Å². The normalized spacial score (nSPS) is 24.4. The van der Waals surface area contributed by atoms with Gasteiger partial charge >= 0.3 is 0 Å². The molecule has 1 aliphatic carbocycles. The minimum Gasteiger partial charge on any atom is -0.375 e. The van der Waals surface area contributed by atoms with Crippen molar-refractivity contribution in [3.8, 4) is 0 Å². The van der Waals surface area contributed by atoms with Crippen LogP contribution in [-0.4, -0.2) is 38.1 Å². The van der Waals surface area contributed by atoms with Crippen LogP contribution in [0.15, 0.2) is 30.3 Å². The van der Waals surface area contributed by atoms with Crippen molar-refractivity contribution in [2.75, 3.05) is 25.0 Å².